The zero-order chi connectivity index (χ0) is 17.8. The third-order valence-electron chi connectivity index (χ3n) is 4.97. The quantitative estimate of drug-likeness (QED) is 0.699. The van der Waals surface area contributed by atoms with Crippen LogP contribution >= 0.6 is 11.8 Å². The van der Waals surface area contributed by atoms with Gasteiger partial charge in [0.15, 0.2) is 0 Å². The Bertz CT molecular complexity index is 696. The fourth-order valence-electron chi connectivity index (χ4n) is 3.46. The molecule has 2 nitrogen and oxygen atoms in total. The predicted octanol–water partition coefficient (Wildman–Crippen LogP) is 5.58. The number of benzene rings is 2. The fourth-order valence-corrected chi connectivity index (χ4v) is 4.72. The standard InChI is InChI=1S/C22H27NOS/c1-4-20(18-8-6-5-7-9-18)21(24)23-14-15-25-22(23)19-12-10-17(11-13-19)16(2)3/h5-13,16,20,22H,4,14-15H2,1-3H3/t20-,22-/m1/s1. The Morgan fingerprint density at radius 1 is 1.08 bits per heavy atom. The van der Waals surface area contributed by atoms with Gasteiger partial charge in [-0.1, -0.05) is 75.4 Å². The van der Waals surface area contributed by atoms with E-state index in [1.165, 1.54) is 11.1 Å². The lowest BCUT2D eigenvalue weighted by Crippen LogP contribution is -2.34. The molecule has 1 fully saturated rings. The largest absolute Gasteiger partial charge is 0.325 e. The molecular weight excluding hydrogens is 326 g/mol. The number of hydrogen-bond acceptors (Lipinski definition) is 2. The van der Waals surface area contributed by atoms with Gasteiger partial charge >= 0.3 is 0 Å². The maximum absolute atomic E-state index is 13.2. The van der Waals surface area contributed by atoms with E-state index in [0.29, 0.717) is 5.92 Å². The van der Waals surface area contributed by atoms with E-state index in [1.807, 2.05) is 30.0 Å². The number of carbonyl (C=O) groups excluding carboxylic acids is 1. The average Bonchev–Trinajstić information content (AvgIpc) is 3.13. The molecule has 1 aliphatic heterocycles. The van der Waals surface area contributed by atoms with E-state index in [-0.39, 0.29) is 17.2 Å². The average molecular weight is 354 g/mol. The molecule has 0 bridgehead atoms. The number of rotatable bonds is 5. The molecule has 2 atom stereocenters. The van der Waals surface area contributed by atoms with Crippen LogP contribution in [0.2, 0.25) is 0 Å². The molecule has 0 spiro atoms. The van der Waals surface area contributed by atoms with Crippen molar-refractivity contribution in [1.29, 1.82) is 0 Å². The summed E-state index contributed by atoms with van der Waals surface area (Å²) >= 11 is 1.87. The number of amides is 1. The predicted molar refractivity (Wildman–Crippen MR) is 107 cm³/mol. The summed E-state index contributed by atoms with van der Waals surface area (Å²) in [5.41, 5.74) is 3.71. The van der Waals surface area contributed by atoms with Gasteiger partial charge in [0.2, 0.25) is 5.91 Å². The molecule has 0 radical (unpaired) electrons. The molecule has 1 amide bonds. The van der Waals surface area contributed by atoms with Crippen LogP contribution in [0.5, 0.6) is 0 Å². The molecule has 3 rings (SSSR count). The highest BCUT2D eigenvalue weighted by Crippen LogP contribution is 2.40. The molecule has 0 aromatic heterocycles. The summed E-state index contributed by atoms with van der Waals surface area (Å²) in [4.78, 5) is 15.3. The van der Waals surface area contributed by atoms with Crippen molar-refractivity contribution < 1.29 is 4.79 Å². The van der Waals surface area contributed by atoms with E-state index in [4.69, 9.17) is 0 Å². The number of thioether (sulfide) groups is 1. The van der Waals surface area contributed by atoms with Gasteiger partial charge in [-0.25, -0.2) is 0 Å². The molecule has 1 aliphatic rings. The molecule has 2 aromatic rings. The second-order valence-electron chi connectivity index (χ2n) is 6.95. The van der Waals surface area contributed by atoms with Gasteiger partial charge in [0.05, 0.1) is 5.92 Å². The molecular formula is C22H27NOS. The lowest BCUT2D eigenvalue weighted by molar-refractivity contribution is -0.133. The first-order chi connectivity index (χ1) is 12.1. The maximum Gasteiger partial charge on any atom is 0.231 e. The number of hydrogen-bond donors (Lipinski definition) is 0. The van der Waals surface area contributed by atoms with E-state index in [2.05, 4.69) is 62.1 Å². The highest BCUT2D eigenvalue weighted by atomic mass is 32.2. The van der Waals surface area contributed by atoms with E-state index < -0.39 is 0 Å². The molecule has 132 valence electrons. The van der Waals surface area contributed by atoms with Crippen molar-refractivity contribution in [1.82, 2.24) is 4.90 Å². The van der Waals surface area contributed by atoms with Crippen LogP contribution in [0, 0.1) is 0 Å². The second kappa shape index (κ2) is 8.09. The Morgan fingerprint density at radius 3 is 2.36 bits per heavy atom. The van der Waals surface area contributed by atoms with Crippen LogP contribution in [0.25, 0.3) is 0 Å². The Morgan fingerprint density at radius 2 is 1.76 bits per heavy atom. The molecule has 0 saturated carbocycles. The molecule has 3 heteroatoms. The zero-order valence-electron chi connectivity index (χ0n) is 15.3. The van der Waals surface area contributed by atoms with Gasteiger partial charge in [0, 0.05) is 12.3 Å². The second-order valence-corrected chi connectivity index (χ2v) is 8.14. The van der Waals surface area contributed by atoms with Crippen LogP contribution in [0.3, 0.4) is 0 Å². The van der Waals surface area contributed by atoms with Crippen molar-refractivity contribution in [3.05, 3.63) is 71.3 Å². The normalized spacial score (nSPS) is 18.6. The molecule has 1 saturated heterocycles. The van der Waals surface area contributed by atoms with Crippen LogP contribution in [-0.4, -0.2) is 23.1 Å². The van der Waals surface area contributed by atoms with Gasteiger partial charge in [-0.05, 0) is 29.0 Å². The van der Waals surface area contributed by atoms with Gasteiger partial charge in [0.1, 0.15) is 5.37 Å². The van der Waals surface area contributed by atoms with Crippen molar-refractivity contribution in [3.63, 3.8) is 0 Å². The monoisotopic (exact) mass is 353 g/mol. The summed E-state index contributed by atoms with van der Waals surface area (Å²) in [5, 5.41) is 0.145. The highest BCUT2D eigenvalue weighted by molar-refractivity contribution is 7.99. The minimum Gasteiger partial charge on any atom is -0.325 e. The summed E-state index contributed by atoms with van der Waals surface area (Å²) in [6, 6.07) is 19.0. The third kappa shape index (κ3) is 3.92. The van der Waals surface area contributed by atoms with Crippen LogP contribution in [-0.2, 0) is 4.79 Å². The Labute approximate surface area is 155 Å². The highest BCUT2D eigenvalue weighted by Gasteiger charge is 2.34. The van der Waals surface area contributed by atoms with Gasteiger partial charge < -0.3 is 4.90 Å². The lowest BCUT2D eigenvalue weighted by Gasteiger charge is -2.28. The first-order valence-corrected chi connectivity index (χ1v) is 10.2. The minimum absolute atomic E-state index is 0.0441. The SMILES string of the molecule is CC[C@@H](C(=O)N1CCS[C@@H]1c1ccc(C(C)C)cc1)c1ccccc1. The first-order valence-electron chi connectivity index (χ1n) is 9.18. The van der Waals surface area contributed by atoms with Crippen molar-refractivity contribution >= 4 is 17.7 Å². The summed E-state index contributed by atoms with van der Waals surface area (Å²) in [5.74, 6) is 1.76. The van der Waals surface area contributed by atoms with Gasteiger partial charge in [-0.3, -0.25) is 4.79 Å². The van der Waals surface area contributed by atoms with E-state index in [0.717, 1.165) is 24.3 Å². The fraction of sp³-hybridized carbons (Fsp3) is 0.409. The van der Waals surface area contributed by atoms with Gasteiger partial charge in [-0.15, -0.1) is 11.8 Å². The van der Waals surface area contributed by atoms with Crippen molar-refractivity contribution in [3.8, 4) is 0 Å². The molecule has 25 heavy (non-hydrogen) atoms. The zero-order valence-corrected chi connectivity index (χ0v) is 16.1. The van der Waals surface area contributed by atoms with Crippen LogP contribution in [0.1, 0.15) is 61.1 Å². The Hall–Kier alpha value is -1.74. The molecule has 0 unspecified atom stereocenters. The van der Waals surface area contributed by atoms with Crippen LogP contribution < -0.4 is 0 Å². The van der Waals surface area contributed by atoms with Crippen molar-refractivity contribution in [2.75, 3.05) is 12.3 Å². The summed E-state index contributed by atoms with van der Waals surface area (Å²) in [6.45, 7) is 7.36. The Kier molecular flexibility index (Phi) is 5.85. The van der Waals surface area contributed by atoms with Crippen molar-refractivity contribution in [2.45, 2.75) is 44.4 Å². The van der Waals surface area contributed by atoms with Crippen LogP contribution in [0.4, 0.5) is 0 Å². The molecule has 1 heterocycles. The van der Waals surface area contributed by atoms with Gasteiger partial charge in [-0.2, -0.15) is 0 Å². The van der Waals surface area contributed by atoms with Gasteiger partial charge in [0.25, 0.3) is 0 Å². The lowest BCUT2D eigenvalue weighted by atomic mass is 9.94. The molecule has 0 aliphatic carbocycles. The third-order valence-corrected chi connectivity index (χ3v) is 6.23. The summed E-state index contributed by atoms with van der Waals surface area (Å²) in [6.07, 6.45) is 0.836. The van der Waals surface area contributed by atoms with E-state index in [9.17, 15) is 4.79 Å². The Balaban J connectivity index is 1.81. The molecule has 0 N–H and O–H groups in total. The van der Waals surface area contributed by atoms with Crippen molar-refractivity contribution in [2.24, 2.45) is 0 Å². The first kappa shape index (κ1) is 18.1. The summed E-state index contributed by atoms with van der Waals surface area (Å²) in [7, 11) is 0. The smallest absolute Gasteiger partial charge is 0.231 e. The molecule has 2 aromatic carbocycles. The van der Waals surface area contributed by atoms with E-state index in [1.54, 1.807) is 0 Å². The number of carbonyl (C=O) groups is 1. The topological polar surface area (TPSA) is 20.3 Å². The minimum atomic E-state index is -0.0441. The van der Waals surface area contributed by atoms with E-state index >= 15 is 0 Å². The number of nitrogens with zero attached hydrogens (tertiary/aromatic N) is 1. The summed E-state index contributed by atoms with van der Waals surface area (Å²) < 4.78 is 0. The maximum atomic E-state index is 13.2. The van der Waals surface area contributed by atoms with Crippen LogP contribution in [0.15, 0.2) is 54.6 Å².